The van der Waals surface area contributed by atoms with Crippen LogP contribution < -0.4 is 10.0 Å². The minimum Gasteiger partial charge on any atom is -0.352 e. The molecule has 1 aromatic carbocycles. The lowest BCUT2D eigenvalue weighted by atomic mass is 10.0. The largest absolute Gasteiger partial charge is 0.352 e. The van der Waals surface area contributed by atoms with E-state index in [1.54, 1.807) is 24.3 Å². The smallest absolute Gasteiger partial charge is 0.263 e. The molecule has 2 fully saturated rings. The van der Waals surface area contributed by atoms with Gasteiger partial charge in [0.1, 0.15) is 12.4 Å². The summed E-state index contributed by atoms with van der Waals surface area (Å²) < 4.78 is 26.6. The van der Waals surface area contributed by atoms with Gasteiger partial charge in [0.05, 0.1) is 4.90 Å². The van der Waals surface area contributed by atoms with Crippen LogP contribution in [0.3, 0.4) is 0 Å². The molecular weight excluding hydrogens is 376 g/mol. The van der Waals surface area contributed by atoms with Crippen molar-refractivity contribution < 1.29 is 13.2 Å². The van der Waals surface area contributed by atoms with Crippen LogP contribution in [0.5, 0.6) is 0 Å². The van der Waals surface area contributed by atoms with Crippen LogP contribution in [0.2, 0.25) is 0 Å². The number of amides is 1. The topological polar surface area (TPSA) is 90.9 Å². The maximum absolute atomic E-state index is 12.3. The molecule has 2 heterocycles. The van der Waals surface area contributed by atoms with E-state index in [-0.39, 0.29) is 29.2 Å². The maximum atomic E-state index is 12.3. The van der Waals surface area contributed by atoms with Crippen LogP contribution in [0.15, 0.2) is 34.2 Å². The summed E-state index contributed by atoms with van der Waals surface area (Å²) in [5.74, 6) is 0.947. The summed E-state index contributed by atoms with van der Waals surface area (Å²) in [7, 11) is -3.56. The van der Waals surface area contributed by atoms with E-state index in [0.29, 0.717) is 5.56 Å². The van der Waals surface area contributed by atoms with E-state index in [1.165, 1.54) is 32.2 Å². The molecule has 2 N–H and O–H groups in total. The van der Waals surface area contributed by atoms with E-state index in [4.69, 9.17) is 0 Å². The number of rotatable bonds is 5. The van der Waals surface area contributed by atoms with Gasteiger partial charge in [-0.3, -0.25) is 14.5 Å². The number of likely N-dealkylation sites (tertiary alicyclic amines) is 1. The quantitative estimate of drug-likeness (QED) is 0.778. The summed E-state index contributed by atoms with van der Waals surface area (Å²) in [6, 6.07) is 6.85. The van der Waals surface area contributed by atoms with Crippen LogP contribution in [0.1, 0.15) is 44.1 Å². The Balaban J connectivity index is 1.26. The lowest BCUT2D eigenvalue weighted by molar-refractivity contribution is -0.120. The minimum atomic E-state index is -3.56. The van der Waals surface area contributed by atoms with Crippen molar-refractivity contribution in [3.8, 4) is 0 Å². The first-order chi connectivity index (χ1) is 13.5. The fraction of sp³-hybridized carbons (Fsp3) is 0.600. The molecule has 0 spiro atoms. The van der Waals surface area contributed by atoms with Crippen molar-refractivity contribution in [2.75, 3.05) is 26.2 Å². The molecule has 0 atom stereocenters. The van der Waals surface area contributed by atoms with Crippen LogP contribution in [-0.2, 0) is 14.8 Å². The van der Waals surface area contributed by atoms with E-state index >= 15 is 0 Å². The van der Waals surface area contributed by atoms with Gasteiger partial charge < -0.3 is 10.2 Å². The van der Waals surface area contributed by atoms with Crippen LogP contribution >= 0.6 is 0 Å². The van der Waals surface area contributed by atoms with Gasteiger partial charge in [0, 0.05) is 31.2 Å². The van der Waals surface area contributed by atoms with Crippen LogP contribution in [0, 0.1) is 5.92 Å². The number of nitrogens with one attached hydrogen (secondary N) is 2. The zero-order valence-corrected chi connectivity index (χ0v) is 16.9. The molecule has 0 radical (unpaired) electrons. The zero-order chi connectivity index (χ0) is 19.6. The van der Waals surface area contributed by atoms with Crippen LogP contribution in [0.25, 0.3) is 0 Å². The molecule has 3 aliphatic rings. The van der Waals surface area contributed by atoms with E-state index in [1.807, 2.05) is 0 Å². The first-order valence-electron chi connectivity index (χ1n) is 10.2. The molecule has 1 saturated heterocycles. The van der Waals surface area contributed by atoms with Crippen molar-refractivity contribution in [3.63, 3.8) is 0 Å². The SMILES string of the molecule is O=C(CN=C1NS(=O)(=O)c2ccccc21)NC1CCN(CC2CCCC2)CC1. The second kappa shape index (κ2) is 8.21. The number of carbonyl (C=O) groups excluding carboxylic acids is 1. The summed E-state index contributed by atoms with van der Waals surface area (Å²) in [6.45, 7) is 3.19. The number of piperidine rings is 1. The molecule has 1 aliphatic carbocycles. The van der Waals surface area contributed by atoms with Gasteiger partial charge in [-0.25, -0.2) is 8.42 Å². The third-order valence-electron chi connectivity index (χ3n) is 5.99. The summed E-state index contributed by atoms with van der Waals surface area (Å²) in [5, 5.41) is 3.05. The predicted octanol–water partition coefficient (Wildman–Crippen LogP) is 1.50. The number of sulfonamides is 1. The highest BCUT2D eigenvalue weighted by atomic mass is 32.2. The summed E-state index contributed by atoms with van der Waals surface area (Å²) in [4.78, 5) is 19.2. The van der Waals surface area contributed by atoms with Crippen molar-refractivity contribution >= 4 is 21.8 Å². The Morgan fingerprint density at radius 1 is 1.14 bits per heavy atom. The Morgan fingerprint density at radius 3 is 2.61 bits per heavy atom. The van der Waals surface area contributed by atoms with Crippen molar-refractivity contribution in [3.05, 3.63) is 29.8 Å². The number of amidine groups is 1. The van der Waals surface area contributed by atoms with Gasteiger partial charge in [-0.2, -0.15) is 0 Å². The molecule has 4 rings (SSSR count). The van der Waals surface area contributed by atoms with Gasteiger partial charge in [-0.15, -0.1) is 0 Å². The lowest BCUT2D eigenvalue weighted by Gasteiger charge is -2.33. The highest BCUT2D eigenvalue weighted by Gasteiger charge is 2.30. The van der Waals surface area contributed by atoms with Gasteiger partial charge in [0.25, 0.3) is 10.0 Å². The normalized spacial score (nSPS) is 24.2. The molecule has 0 bridgehead atoms. The Labute approximate surface area is 166 Å². The highest BCUT2D eigenvalue weighted by Crippen LogP contribution is 2.26. The number of hydrogen-bond donors (Lipinski definition) is 2. The number of carbonyl (C=O) groups is 1. The van der Waals surface area contributed by atoms with Gasteiger partial charge in [-0.05, 0) is 43.7 Å². The molecule has 8 heteroatoms. The second-order valence-electron chi connectivity index (χ2n) is 8.06. The Morgan fingerprint density at radius 2 is 1.86 bits per heavy atom. The van der Waals surface area contributed by atoms with Crippen molar-refractivity contribution in [2.45, 2.75) is 49.5 Å². The minimum absolute atomic E-state index is 0.0749. The van der Waals surface area contributed by atoms with Gasteiger partial charge >= 0.3 is 0 Å². The molecule has 1 amide bonds. The summed E-state index contributed by atoms with van der Waals surface area (Å²) >= 11 is 0. The molecular formula is C20H28N4O3S. The molecule has 1 aromatic rings. The van der Waals surface area contributed by atoms with Crippen LogP contribution in [-0.4, -0.2) is 57.3 Å². The Hall–Kier alpha value is -1.93. The van der Waals surface area contributed by atoms with Crippen molar-refractivity contribution in [1.82, 2.24) is 14.9 Å². The zero-order valence-electron chi connectivity index (χ0n) is 16.1. The van der Waals surface area contributed by atoms with Gasteiger partial charge in [0.15, 0.2) is 0 Å². The molecule has 2 aliphatic heterocycles. The summed E-state index contributed by atoms with van der Waals surface area (Å²) in [6.07, 6.45) is 7.41. The van der Waals surface area contributed by atoms with E-state index < -0.39 is 10.0 Å². The molecule has 0 unspecified atom stereocenters. The highest BCUT2D eigenvalue weighted by molar-refractivity contribution is 7.90. The number of benzene rings is 1. The number of aliphatic imine (C=N–C) groups is 1. The Bertz CT molecular complexity index is 854. The summed E-state index contributed by atoms with van der Waals surface area (Å²) in [5.41, 5.74) is 0.524. The van der Waals surface area contributed by atoms with E-state index in [0.717, 1.165) is 31.8 Å². The van der Waals surface area contributed by atoms with Gasteiger partial charge in [-0.1, -0.05) is 25.0 Å². The fourth-order valence-electron chi connectivity index (χ4n) is 4.49. The standard InChI is InChI=1S/C20H28N4O3S/c25-19(13-21-20-17-7-3-4-8-18(17)28(26,27)23-20)22-16-9-11-24(12-10-16)14-15-5-1-2-6-15/h3-4,7-8,15-16H,1-2,5-6,9-14H2,(H,21,23)(H,22,25). The predicted molar refractivity (Wildman–Crippen MR) is 108 cm³/mol. The van der Waals surface area contributed by atoms with Gasteiger partial charge in [0.2, 0.25) is 5.91 Å². The molecule has 7 nitrogen and oxygen atoms in total. The molecule has 28 heavy (non-hydrogen) atoms. The second-order valence-corrected chi connectivity index (χ2v) is 9.71. The molecule has 1 saturated carbocycles. The van der Waals surface area contributed by atoms with E-state index in [9.17, 15) is 13.2 Å². The van der Waals surface area contributed by atoms with E-state index in [2.05, 4.69) is 19.9 Å². The van der Waals surface area contributed by atoms with Crippen LogP contribution in [0.4, 0.5) is 0 Å². The maximum Gasteiger partial charge on any atom is 0.263 e. The number of hydrogen-bond acceptors (Lipinski definition) is 5. The Kier molecular flexibility index (Phi) is 5.68. The van der Waals surface area contributed by atoms with Crippen molar-refractivity contribution in [1.29, 1.82) is 0 Å². The number of nitrogens with zero attached hydrogens (tertiary/aromatic N) is 2. The first-order valence-corrected chi connectivity index (χ1v) is 11.7. The molecule has 0 aromatic heterocycles. The third kappa shape index (κ3) is 4.38. The van der Waals surface area contributed by atoms with Crippen molar-refractivity contribution in [2.24, 2.45) is 10.9 Å². The number of fused-ring (bicyclic) bond motifs is 1. The lowest BCUT2D eigenvalue weighted by Crippen LogP contribution is -2.46. The fourth-order valence-corrected chi connectivity index (χ4v) is 5.74. The average Bonchev–Trinajstić information content (AvgIpc) is 3.28. The monoisotopic (exact) mass is 404 g/mol. The first kappa shape index (κ1) is 19.4. The third-order valence-corrected chi connectivity index (χ3v) is 7.38. The average molecular weight is 405 g/mol. The molecule has 152 valence electrons.